The van der Waals surface area contributed by atoms with Crippen LogP contribution in [0, 0.1) is 0 Å². The number of hydrogen-bond acceptors (Lipinski definition) is 3. The molecular formula is C29H32Cl2N2O3. The lowest BCUT2D eigenvalue weighted by molar-refractivity contribution is -0.141. The maximum absolute atomic E-state index is 13.8. The molecule has 0 radical (unpaired) electrons. The van der Waals surface area contributed by atoms with Crippen molar-refractivity contribution in [3.05, 3.63) is 99.5 Å². The van der Waals surface area contributed by atoms with Crippen LogP contribution in [0.4, 0.5) is 0 Å². The normalized spacial score (nSPS) is 12.1. The molecule has 3 aromatic rings. The van der Waals surface area contributed by atoms with E-state index in [2.05, 4.69) is 5.32 Å². The number of benzene rings is 3. The van der Waals surface area contributed by atoms with Crippen LogP contribution in [-0.4, -0.2) is 35.4 Å². The molecule has 0 aromatic heterocycles. The smallest absolute Gasteiger partial charge is 0.243 e. The Balaban J connectivity index is 2.02. The molecule has 3 rings (SSSR count). The van der Waals surface area contributed by atoms with Crippen LogP contribution in [-0.2, 0) is 29.0 Å². The lowest BCUT2D eigenvalue weighted by atomic mass is 9.99. The molecule has 0 fully saturated rings. The SMILES string of the molecule is COc1ccc(CC(=O)N(Cc2c(Cl)cccc2Cl)[C@@H](Cc2ccccc2)C(=O)NC(C)(C)C)cc1. The zero-order chi connectivity index (χ0) is 26.3. The molecule has 7 heteroatoms. The Hall–Kier alpha value is -3.02. The number of ether oxygens (including phenoxy) is 1. The summed E-state index contributed by atoms with van der Waals surface area (Å²) in [5.41, 5.74) is 1.88. The highest BCUT2D eigenvalue weighted by atomic mass is 35.5. The molecule has 3 aromatic carbocycles. The minimum absolute atomic E-state index is 0.0998. The number of carbonyl (C=O) groups is 2. The van der Waals surface area contributed by atoms with Gasteiger partial charge in [0.1, 0.15) is 11.8 Å². The summed E-state index contributed by atoms with van der Waals surface area (Å²) in [6, 6.07) is 21.4. The Bertz CT molecular complexity index is 1160. The van der Waals surface area contributed by atoms with Gasteiger partial charge in [0, 0.05) is 34.1 Å². The molecule has 0 aliphatic rings. The maximum atomic E-state index is 13.8. The zero-order valence-electron chi connectivity index (χ0n) is 21.1. The van der Waals surface area contributed by atoms with Crippen molar-refractivity contribution in [2.24, 2.45) is 0 Å². The van der Waals surface area contributed by atoms with E-state index in [0.717, 1.165) is 11.1 Å². The van der Waals surface area contributed by atoms with Crippen LogP contribution in [0.25, 0.3) is 0 Å². The van der Waals surface area contributed by atoms with E-state index in [-0.39, 0.29) is 24.8 Å². The number of carbonyl (C=O) groups excluding carboxylic acids is 2. The monoisotopic (exact) mass is 526 g/mol. The predicted molar refractivity (Wildman–Crippen MR) is 146 cm³/mol. The van der Waals surface area contributed by atoms with Crippen LogP contribution in [0.15, 0.2) is 72.8 Å². The van der Waals surface area contributed by atoms with Gasteiger partial charge in [-0.05, 0) is 56.2 Å². The minimum Gasteiger partial charge on any atom is -0.497 e. The number of halogens is 2. The van der Waals surface area contributed by atoms with Crippen LogP contribution in [0.5, 0.6) is 5.75 Å². The summed E-state index contributed by atoms with van der Waals surface area (Å²) in [5, 5.41) is 3.94. The summed E-state index contributed by atoms with van der Waals surface area (Å²) < 4.78 is 5.23. The fraction of sp³-hybridized carbons (Fsp3) is 0.310. The Kier molecular flexibility index (Phi) is 9.41. The maximum Gasteiger partial charge on any atom is 0.243 e. The quantitative estimate of drug-likeness (QED) is 0.366. The average Bonchev–Trinajstić information content (AvgIpc) is 2.83. The van der Waals surface area contributed by atoms with Crippen LogP contribution >= 0.6 is 23.2 Å². The number of nitrogens with one attached hydrogen (secondary N) is 1. The summed E-state index contributed by atoms with van der Waals surface area (Å²) in [6.45, 7) is 5.85. The Morgan fingerprint density at radius 1 is 0.889 bits per heavy atom. The van der Waals surface area contributed by atoms with E-state index in [1.807, 2.05) is 75.4 Å². The van der Waals surface area contributed by atoms with E-state index in [9.17, 15) is 9.59 Å². The van der Waals surface area contributed by atoms with Crippen LogP contribution in [0.3, 0.4) is 0 Å². The fourth-order valence-corrected chi connectivity index (χ4v) is 4.40. The Labute approximate surface area is 223 Å². The highest BCUT2D eigenvalue weighted by molar-refractivity contribution is 6.36. The number of rotatable bonds is 9. The summed E-state index contributed by atoms with van der Waals surface area (Å²) >= 11 is 13.0. The summed E-state index contributed by atoms with van der Waals surface area (Å²) in [6.07, 6.45) is 0.458. The van der Waals surface area contributed by atoms with Crippen molar-refractivity contribution >= 4 is 35.0 Å². The van der Waals surface area contributed by atoms with Crippen molar-refractivity contribution in [3.63, 3.8) is 0 Å². The van der Waals surface area contributed by atoms with Crippen molar-refractivity contribution in [1.29, 1.82) is 0 Å². The molecule has 5 nitrogen and oxygen atoms in total. The highest BCUT2D eigenvalue weighted by Crippen LogP contribution is 2.28. The first-order chi connectivity index (χ1) is 17.1. The molecule has 0 unspecified atom stereocenters. The standard InChI is InChI=1S/C29H32Cl2N2O3/c1-29(2,3)32-28(35)26(17-20-9-6-5-7-10-20)33(19-23-24(30)11-8-12-25(23)31)27(34)18-21-13-15-22(36-4)16-14-21/h5-16,26H,17-19H2,1-4H3,(H,32,35)/t26-/m0/s1. The summed E-state index contributed by atoms with van der Waals surface area (Å²) in [5.74, 6) is 0.260. The third-order valence-electron chi connectivity index (χ3n) is 5.67. The fourth-order valence-electron chi connectivity index (χ4n) is 3.88. The Morgan fingerprint density at radius 2 is 1.50 bits per heavy atom. The van der Waals surface area contributed by atoms with Gasteiger partial charge < -0.3 is 15.0 Å². The molecule has 0 heterocycles. The van der Waals surface area contributed by atoms with Gasteiger partial charge >= 0.3 is 0 Å². The van der Waals surface area contributed by atoms with Crippen LogP contribution < -0.4 is 10.1 Å². The lowest BCUT2D eigenvalue weighted by Gasteiger charge is -2.34. The minimum atomic E-state index is -0.773. The third kappa shape index (κ3) is 7.74. The van der Waals surface area contributed by atoms with Crippen molar-refractivity contribution in [3.8, 4) is 5.75 Å². The highest BCUT2D eigenvalue weighted by Gasteiger charge is 2.33. The van der Waals surface area contributed by atoms with Gasteiger partial charge in [-0.25, -0.2) is 0 Å². The van der Waals surface area contributed by atoms with E-state index < -0.39 is 11.6 Å². The second-order valence-corrected chi connectivity index (χ2v) is 10.5. The number of amides is 2. The lowest BCUT2D eigenvalue weighted by Crippen LogP contribution is -2.54. The van der Waals surface area contributed by atoms with Crippen molar-refractivity contribution in [1.82, 2.24) is 10.2 Å². The third-order valence-corrected chi connectivity index (χ3v) is 6.38. The van der Waals surface area contributed by atoms with E-state index >= 15 is 0 Å². The molecule has 1 N–H and O–H groups in total. The molecule has 2 amide bonds. The van der Waals surface area contributed by atoms with Gasteiger partial charge in [0.25, 0.3) is 0 Å². The van der Waals surface area contributed by atoms with E-state index in [1.54, 1.807) is 30.2 Å². The molecule has 1 atom stereocenters. The molecule has 0 spiro atoms. The first kappa shape index (κ1) is 27.6. The molecule has 190 valence electrons. The molecule has 0 aliphatic heterocycles. The largest absolute Gasteiger partial charge is 0.497 e. The van der Waals surface area contributed by atoms with E-state index in [0.29, 0.717) is 27.8 Å². The van der Waals surface area contributed by atoms with Gasteiger partial charge in [0.15, 0.2) is 0 Å². The molecule has 0 bridgehead atoms. The van der Waals surface area contributed by atoms with Gasteiger partial charge in [0.2, 0.25) is 11.8 Å². The van der Waals surface area contributed by atoms with Crippen molar-refractivity contribution < 1.29 is 14.3 Å². The zero-order valence-corrected chi connectivity index (χ0v) is 22.6. The van der Waals surface area contributed by atoms with Crippen molar-refractivity contribution in [2.45, 2.75) is 51.7 Å². The molecule has 0 saturated heterocycles. The van der Waals surface area contributed by atoms with Gasteiger partial charge in [-0.15, -0.1) is 0 Å². The summed E-state index contributed by atoms with van der Waals surface area (Å²) in [7, 11) is 1.59. The first-order valence-corrected chi connectivity index (χ1v) is 12.5. The number of nitrogens with zero attached hydrogens (tertiary/aromatic N) is 1. The summed E-state index contributed by atoms with van der Waals surface area (Å²) in [4.78, 5) is 29.0. The first-order valence-electron chi connectivity index (χ1n) is 11.8. The molecule has 0 aliphatic carbocycles. The van der Waals surface area contributed by atoms with Gasteiger partial charge in [-0.1, -0.05) is 71.7 Å². The number of methoxy groups -OCH3 is 1. The van der Waals surface area contributed by atoms with E-state index in [1.165, 1.54) is 0 Å². The second-order valence-electron chi connectivity index (χ2n) is 9.69. The number of hydrogen-bond donors (Lipinski definition) is 1. The van der Waals surface area contributed by atoms with Gasteiger partial charge in [-0.2, -0.15) is 0 Å². The second kappa shape index (κ2) is 12.3. The van der Waals surface area contributed by atoms with Crippen LogP contribution in [0.2, 0.25) is 10.0 Å². The Morgan fingerprint density at radius 3 is 2.06 bits per heavy atom. The van der Waals surface area contributed by atoms with Crippen LogP contribution in [0.1, 0.15) is 37.5 Å². The van der Waals surface area contributed by atoms with Crippen molar-refractivity contribution in [2.75, 3.05) is 7.11 Å². The average molecular weight is 527 g/mol. The molecular weight excluding hydrogens is 495 g/mol. The molecule has 36 heavy (non-hydrogen) atoms. The van der Waals surface area contributed by atoms with E-state index in [4.69, 9.17) is 27.9 Å². The van der Waals surface area contributed by atoms with Gasteiger partial charge in [0.05, 0.1) is 13.5 Å². The molecule has 0 saturated carbocycles. The predicted octanol–water partition coefficient (Wildman–Crippen LogP) is 6.10. The van der Waals surface area contributed by atoms with Gasteiger partial charge in [-0.3, -0.25) is 9.59 Å². The topological polar surface area (TPSA) is 58.6 Å².